The molecule has 0 fully saturated rings. The van der Waals surface area contributed by atoms with E-state index < -0.39 is 0 Å². The number of nitrogens with one attached hydrogen (secondary N) is 1. The fourth-order valence-corrected chi connectivity index (χ4v) is 3.63. The summed E-state index contributed by atoms with van der Waals surface area (Å²) in [5.74, 6) is 0.726. The van der Waals surface area contributed by atoms with Gasteiger partial charge in [0.05, 0.1) is 7.11 Å². The van der Waals surface area contributed by atoms with E-state index in [1.54, 1.807) is 7.11 Å². The lowest BCUT2D eigenvalue weighted by Crippen LogP contribution is -2.36. The number of benzene rings is 3. The van der Waals surface area contributed by atoms with Crippen LogP contribution in [-0.4, -0.2) is 19.6 Å². The number of anilines is 2. The number of carbonyl (C=O) groups excluding carboxylic acids is 1. The molecule has 0 bridgehead atoms. The summed E-state index contributed by atoms with van der Waals surface area (Å²) >= 11 is 0. The van der Waals surface area contributed by atoms with Crippen LogP contribution in [0, 0.1) is 0 Å². The fraction of sp³-hybridized carbons (Fsp3) is 0.174. The Morgan fingerprint density at radius 3 is 2.41 bits per heavy atom. The Balaban J connectivity index is 1.65. The molecule has 1 atom stereocenters. The minimum absolute atomic E-state index is 0.0388. The highest BCUT2D eigenvalue weighted by Gasteiger charge is 2.32. The average Bonchev–Trinajstić information content (AvgIpc) is 3.13. The molecule has 1 aliphatic heterocycles. The van der Waals surface area contributed by atoms with Crippen LogP contribution in [0.2, 0.25) is 0 Å². The number of carbonyl (C=O) groups is 1. The van der Waals surface area contributed by atoms with E-state index in [1.165, 1.54) is 5.56 Å². The number of methoxy groups -OCH3 is 1. The SMILES string of the molecule is COc1ccc(NC(=O)C(c2ccccc2)N2CCc3ccccc32)cc1. The molecule has 0 aliphatic carbocycles. The predicted molar refractivity (Wildman–Crippen MR) is 108 cm³/mol. The minimum atomic E-state index is -0.378. The summed E-state index contributed by atoms with van der Waals surface area (Å²) in [6.45, 7) is 0.828. The molecule has 4 nitrogen and oxygen atoms in total. The first kappa shape index (κ1) is 17.2. The zero-order valence-electron chi connectivity index (χ0n) is 15.3. The second-order valence-electron chi connectivity index (χ2n) is 6.60. The zero-order chi connectivity index (χ0) is 18.6. The highest BCUT2D eigenvalue weighted by atomic mass is 16.5. The third-order valence-electron chi connectivity index (χ3n) is 4.96. The maximum Gasteiger partial charge on any atom is 0.251 e. The van der Waals surface area contributed by atoms with Crippen molar-refractivity contribution in [3.63, 3.8) is 0 Å². The summed E-state index contributed by atoms with van der Waals surface area (Å²) in [5.41, 5.74) is 4.17. The van der Waals surface area contributed by atoms with E-state index >= 15 is 0 Å². The molecule has 0 aromatic heterocycles. The van der Waals surface area contributed by atoms with E-state index in [0.29, 0.717) is 0 Å². The second-order valence-corrected chi connectivity index (χ2v) is 6.60. The topological polar surface area (TPSA) is 41.6 Å². The lowest BCUT2D eigenvalue weighted by Gasteiger charge is -2.30. The highest BCUT2D eigenvalue weighted by Crippen LogP contribution is 2.35. The molecule has 1 N–H and O–H groups in total. The summed E-state index contributed by atoms with van der Waals surface area (Å²) in [4.78, 5) is 15.5. The fourth-order valence-electron chi connectivity index (χ4n) is 3.63. The van der Waals surface area contributed by atoms with Crippen LogP contribution in [0.25, 0.3) is 0 Å². The van der Waals surface area contributed by atoms with Crippen molar-refractivity contribution >= 4 is 17.3 Å². The largest absolute Gasteiger partial charge is 0.497 e. The molecule has 1 heterocycles. The van der Waals surface area contributed by atoms with Gasteiger partial charge in [0.15, 0.2) is 0 Å². The summed E-state index contributed by atoms with van der Waals surface area (Å²) in [6.07, 6.45) is 0.954. The predicted octanol–water partition coefficient (Wildman–Crippen LogP) is 4.44. The summed E-state index contributed by atoms with van der Waals surface area (Å²) in [6, 6.07) is 25.3. The Kier molecular flexibility index (Phi) is 4.79. The lowest BCUT2D eigenvalue weighted by atomic mass is 10.0. The summed E-state index contributed by atoms with van der Waals surface area (Å²) in [7, 11) is 1.63. The number of para-hydroxylation sites is 1. The third kappa shape index (κ3) is 3.51. The van der Waals surface area contributed by atoms with Crippen LogP contribution in [0.5, 0.6) is 5.75 Å². The van der Waals surface area contributed by atoms with Crippen molar-refractivity contribution in [2.45, 2.75) is 12.5 Å². The van der Waals surface area contributed by atoms with E-state index in [1.807, 2.05) is 60.7 Å². The van der Waals surface area contributed by atoms with Crippen LogP contribution in [0.15, 0.2) is 78.9 Å². The molecule has 4 heteroatoms. The van der Waals surface area contributed by atoms with Crippen molar-refractivity contribution in [2.24, 2.45) is 0 Å². The van der Waals surface area contributed by atoms with E-state index in [0.717, 1.165) is 35.7 Å². The minimum Gasteiger partial charge on any atom is -0.497 e. The van der Waals surface area contributed by atoms with Crippen LogP contribution in [0.1, 0.15) is 17.2 Å². The molecule has 0 spiro atoms. The monoisotopic (exact) mass is 358 g/mol. The number of amides is 1. The Hall–Kier alpha value is -3.27. The van der Waals surface area contributed by atoms with Crippen LogP contribution in [0.4, 0.5) is 11.4 Å². The molecule has 1 aliphatic rings. The molecule has 0 saturated heterocycles. The normalized spacial score (nSPS) is 13.7. The van der Waals surface area contributed by atoms with Gasteiger partial charge in [0.2, 0.25) is 0 Å². The van der Waals surface area contributed by atoms with Gasteiger partial charge in [-0.2, -0.15) is 0 Å². The molecule has 27 heavy (non-hydrogen) atoms. The lowest BCUT2D eigenvalue weighted by molar-refractivity contribution is -0.117. The van der Waals surface area contributed by atoms with Gasteiger partial charge in [-0.1, -0.05) is 48.5 Å². The number of rotatable bonds is 5. The number of ether oxygens (including phenoxy) is 1. The molecule has 0 radical (unpaired) electrons. The van der Waals surface area contributed by atoms with Crippen LogP contribution in [0.3, 0.4) is 0 Å². The van der Waals surface area contributed by atoms with Crippen LogP contribution < -0.4 is 15.0 Å². The van der Waals surface area contributed by atoms with Crippen LogP contribution in [-0.2, 0) is 11.2 Å². The average molecular weight is 358 g/mol. The second kappa shape index (κ2) is 7.54. The molecule has 1 amide bonds. The molecular weight excluding hydrogens is 336 g/mol. The van der Waals surface area contributed by atoms with Gasteiger partial charge in [-0.3, -0.25) is 4.79 Å². The maximum atomic E-state index is 13.3. The van der Waals surface area contributed by atoms with Crippen molar-refractivity contribution in [1.29, 1.82) is 0 Å². The Labute approximate surface area is 159 Å². The first-order chi connectivity index (χ1) is 13.3. The maximum absolute atomic E-state index is 13.3. The van der Waals surface area contributed by atoms with E-state index in [2.05, 4.69) is 28.4 Å². The number of nitrogens with zero attached hydrogens (tertiary/aromatic N) is 1. The molecular formula is C23H22N2O2. The highest BCUT2D eigenvalue weighted by molar-refractivity contribution is 5.98. The first-order valence-electron chi connectivity index (χ1n) is 9.10. The van der Waals surface area contributed by atoms with Gasteiger partial charge in [-0.15, -0.1) is 0 Å². The molecule has 4 rings (SSSR count). The number of fused-ring (bicyclic) bond motifs is 1. The van der Waals surface area contributed by atoms with Crippen molar-refractivity contribution in [3.8, 4) is 5.75 Å². The van der Waals surface area contributed by atoms with Gasteiger partial charge in [0, 0.05) is 17.9 Å². The van der Waals surface area contributed by atoms with Gasteiger partial charge in [0.1, 0.15) is 11.8 Å². The molecule has 136 valence electrons. The van der Waals surface area contributed by atoms with Gasteiger partial charge in [-0.05, 0) is 47.9 Å². The smallest absolute Gasteiger partial charge is 0.251 e. The van der Waals surface area contributed by atoms with Gasteiger partial charge >= 0.3 is 0 Å². The third-order valence-corrected chi connectivity index (χ3v) is 4.96. The number of hydrogen-bond acceptors (Lipinski definition) is 3. The zero-order valence-corrected chi connectivity index (χ0v) is 15.3. The molecule has 0 saturated carbocycles. The summed E-state index contributed by atoms with van der Waals surface area (Å²) in [5, 5.41) is 3.06. The van der Waals surface area contributed by atoms with E-state index in [4.69, 9.17) is 4.74 Å². The molecule has 3 aromatic rings. The van der Waals surface area contributed by atoms with Crippen molar-refractivity contribution in [2.75, 3.05) is 23.9 Å². The number of hydrogen-bond donors (Lipinski definition) is 1. The quantitative estimate of drug-likeness (QED) is 0.733. The standard InChI is InChI=1S/C23H22N2O2/c1-27-20-13-11-19(12-14-20)24-23(26)22(18-8-3-2-4-9-18)25-16-15-17-7-5-6-10-21(17)25/h2-14,22H,15-16H2,1H3,(H,24,26). The van der Waals surface area contributed by atoms with Gasteiger partial charge in [0.25, 0.3) is 5.91 Å². The Bertz CT molecular complexity index is 923. The van der Waals surface area contributed by atoms with Crippen LogP contribution >= 0.6 is 0 Å². The summed E-state index contributed by atoms with van der Waals surface area (Å²) < 4.78 is 5.19. The van der Waals surface area contributed by atoms with Gasteiger partial charge < -0.3 is 15.0 Å². The van der Waals surface area contributed by atoms with Crippen molar-refractivity contribution in [3.05, 3.63) is 90.0 Å². The van der Waals surface area contributed by atoms with E-state index in [9.17, 15) is 4.79 Å². The van der Waals surface area contributed by atoms with E-state index in [-0.39, 0.29) is 11.9 Å². The Morgan fingerprint density at radius 1 is 0.963 bits per heavy atom. The molecule has 1 unspecified atom stereocenters. The first-order valence-corrected chi connectivity index (χ1v) is 9.10. The van der Waals surface area contributed by atoms with Gasteiger partial charge in [-0.25, -0.2) is 0 Å². The molecule has 3 aromatic carbocycles. The van der Waals surface area contributed by atoms with Crippen molar-refractivity contribution < 1.29 is 9.53 Å². The Morgan fingerprint density at radius 2 is 1.67 bits per heavy atom. The van der Waals surface area contributed by atoms with Crippen molar-refractivity contribution in [1.82, 2.24) is 0 Å².